The van der Waals surface area contributed by atoms with E-state index in [2.05, 4.69) is 12.2 Å². The summed E-state index contributed by atoms with van der Waals surface area (Å²) in [5, 5.41) is 3.49. The van der Waals surface area contributed by atoms with Gasteiger partial charge in [0.05, 0.1) is 0 Å². The zero-order chi connectivity index (χ0) is 5.56. The van der Waals surface area contributed by atoms with Crippen LogP contribution in [0.15, 0.2) is 0 Å². The van der Waals surface area contributed by atoms with Crippen molar-refractivity contribution in [2.45, 2.75) is 25.8 Å². The smallest absolute Gasteiger partial charge is 0.00730 e. The lowest BCUT2D eigenvalue weighted by atomic mass is 9.98. The minimum Gasteiger partial charge on any atom is -0.314 e. The fourth-order valence-electron chi connectivity index (χ4n) is 2.10. The summed E-state index contributed by atoms with van der Waals surface area (Å²) in [7, 11) is 0. The molecule has 2 fully saturated rings. The third-order valence-electron chi connectivity index (χ3n) is 2.72. The van der Waals surface area contributed by atoms with Crippen LogP contribution in [-0.4, -0.2) is 12.6 Å². The van der Waals surface area contributed by atoms with Crippen LogP contribution >= 0.6 is 0 Å². The van der Waals surface area contributed by atoms with Crippen molar-refractivity contribution in [2.24, 2.45) is 11.8 Å². The van der Waals surface area contributed by atoms with Gasteiger partial charge in [0.1, 0.15) is 0 Å². The quantitative estimate of drug-likeness (QED) is 0.492. The molecule has 0 aromatic rings. The Balaban J connectivity index is 2.11. The second-order valence-corrected chi connectivity index (χ2v) is 3.31. The highest BCUT2D eigenvalue weighted by atomic mass is 15.0. The predicted octanol–water partition coefficient (Wildman–Crippen LogP) is 1.00. The molecule has 46 valence electrons. The van der Waals surface area contributed by atoms with Crippen LogP contribution in [0.3, 0.4) is 0 Å². The number of nitrogens with one attached hydrogen (secondary N) is 1. The lowest BCUT2D eigenvalue weighted by Gasteiger charge is -2.16. The van der Waals surface area contributed by atoms with Crippen molar-refractivity contribution in [3.8, 4) is 0 Å². The molecule has 2 unspecified atom stereocenters. The summed E-state index contributed by atoms with van der Waals surface area (Å²) >= 11 is 0. The van der Waals surface area contributed by atoms with E-state index in [-0.39, 0.29) is 0 Å². The van der Waals surface area contributed by atoms with Crippen molar-refractivity contribution in [1.82, 2.24) is 5.32 Å². The molecule has 1 saturated heterocycles. The van der Waals surface area contributed by atoms with Crippen LogP contribution in [0.25, 0.3) is 0 Å². The summed E-state index contributed by atoms with van der Waals surface area (Å²) in [5.74, 6) is 2.04. The fraction of sp³-hybridized carbons (Fsp3) is 1.00. The molecule has 1 heterocycles. The van der Waals surface area contributed by atoms with Gasteiger partial charge in [-0.2, -0.15) is 0 Å². The van der Waals surface area contributed by atoms with Crippen molar-refractivity contribution in [2.75, 3.05) is 6.54 Å². The lowest BCUT2D eigenvalue weighted by Crippen LogP contribution is -2.28. The van der Waals surface area contributed by atoms with Gasteiger partial charge in [-0.15, -0.1) is 0 Å². The Labute approximate surface area is 50.5 Å². The van der Waals surface area contributed by atoms with Crippen molar-refractivity contribution in [3.63, 3.8) is 0 Å². The zero-order valence-electron chi connectivity index (χ0n) is 5.35. The fourth-order valence-corrected chi connectivity index (χ4v) is 2.10. The highest BCUT2D eigenvalue weighted by Crippen LogP contribution is 2.35. The number of fused-ring (bicyclic) bond motifs is 2. The molecule has 1 aliphatic heterocycles. The summed E-state index contributed by atoms with van der Waals surface area (Å²) in [4.78, 5) is 0. The number of piperidine rings is 1. The van der Waals surface area contributed by atoms with Gasteiger partial charge in [0.25, 0.3) is 0 Å². The topological polar surface area (TPSA) is 12.0 Å². The third-order valence-corrected chi connectivity index (χ3v) is 2.72. The van der Waals surface area contributed by atoms with Gasteiger partial charge in [-0.05, 0) is 31.2 Å². The van der Waals surface area contributed by atoms with Gasteiger partial charge in [0.2, 0.25) is 0 Å². The second kappa shape index (κ2) is 1.47. The molecular formula is C7H13N. The van der Waals surface area contributed by atoms with Crippen LogP contribution in [-0.2, 0) is 0 Å². The summed E-state index contributed by atoms with van der Waals surface area (Å²) in [6.07, 6.45) is 2.89. The molecule has 3 atom stereocenters. The average molecular weight is 111 g/mol. The van der Waals surface area contributed by atoms with Gasteiger partial charge in [0.15, 0.2) is 0 Å². The third kappa shape index (κ3) is 0.510. The standard InChI is InChI=1S/C7H13N/c1-5-2-7-3-6(5)4-8-7/h5-8H,2-4H2,1H3/t5?,6?,7-/m1/s1. The van der Waals surface area contributed by atoms with Gasteiger partial charge in [-0.25, -0.2) is 0 Å². The Hall–Kier alpha value is -0.0400. The first kappa shape index (κ1) is 4.80. The van der Waals surface area contributed by atoms with Crippen molar-refractivity contribution in [1.29, 1.82) is 0 Å². The van der Waals surface area contributed by atoms with Crippen LogP contribution in [0.1, 0.15) is 19.8 Å². The normalized spacial score (nSPS) is 52.9. The van der Waals surface area contributed by atoms with Crippen LogP contribution < -0.4 is 5.32 Å². The molecule has 0 radical (unpaired) electrons. The maximum Gasteiger partial charge on any atom is 0.00730 e. The molecule has 0 spiro atoms. The molecular weight excluding hydrogens is 98.1 g/mol. The first-order valence-corrected chi connectivity index (χ1v) is 3.59. The monoisotopic (exact) mass is 111 g/mol. The second-order valence-electron chi connectivity index (χ2n) is 3.31. The molecule has 1 aliphatic carbocycles. The summed E-state index contributed by atoms with van der Waals surface area (Å²) in [5.41, 5.74) is 0. The predicted molar refractivity (Wildman–Crippen MR) is 33.7 cm³/mol. The van der Waals surface area contributed by atoms with Crippen molar-refractivity contribution in [3.05, 3.63) is 0 Å². The molecule has 0 aromatic carbocycles. The molecule has 0 aromatic heterocycles. The Kier molecular flexibility index (Phi) is 0.884. The average Bonchev–Trinajstić information content (AvgIpc) is 2.23. The maximum atomic E-state index is 3.49. The number of rotatable bonds is 0. The first-order chi connectivity index (χ1) is 3.86. The van der Waals surface area contributed by atoms with Crippen LogP contribution in [0.4, 0.5) is 0 Å². The number of hydrogen-bond donors (Lipinski definition) is 1. The summed E-state index contributed by atoms with van der Waals surface area (Å²) in [6, 6.07) is 0.898. The van der Waals surface area contributed by atoms with E-state index in [1.165, 1.54) is 19.4 Å². The van der Waals surface area contributed by atoms with Crippen molar-refractivity contribution >= 4 is 0 Å². The molecule has 1 heteroatoms. The lowest BCUT2D eigenvalue weighted by molar-refractivity contribution is 0.379. The van der Waals surface area contributed by atoms with Crippen LogP contribution in [0.5, 0.6) is 0 Å². The number of hydrogen-bond acceptors (Lipinski definition) is 1. The van der Waals surface area contributed by atoms with E-state index in [0.717, 1.165) is 17.9 Å². The molecule has 2 bridgehead atoms. The van der Waals surface area contributed by atoms with Crippen molar-refractivity contribution < 1.29 is 0 Å². The maximum absolute atomic E-state index is 3.49. The minimum absolute atomic E-state index is 0.898. The van der Waals surface area contributed by atoms with Crippen LogP contribution in [0.2, 0.25) is 0 Å². The molecule has 8 heavy (non-hydrogen) atoms. The Bertz CT molecular complexity index is 98.6. The van der Waals surface area contributed by atoms with Gasteiger partial charge >= 0.3 is 0 Å². The first-order valence-electron chi connectivity index (χ1n) is 3.59. The molecule has 0 amide bonds. The minimum atomic E-state index is 0.898. The van der Waals surface area contributed by atoms with Gasteiger partial charge in [-0.1, -0.05) is 6.92 Å². The molecule has 2 aliphatic rings. The van der Waals surface area contributed by atoms with Crippen LogP contribution in [0, 0.1) is 11.8 Å². The van der Waals surface area contributed by atoms with E-state index in [9.17, 15) is 0 Å². The van der Waals surface area contributed by atoms with E-state index in [1.807, 2.05) is 0 Å². The molecule has 1 nitrogen and oxygen atoms in total. The van der Waals surface area contributed by atoms with E-state index in [0.29, 0.717) is 0 Å². The molecule has 2 rings (SSSR count). The highest BCUT2D eigenvalue weighted by Gasteiger charge is 2.36. The van der Waals surface area contributed by atoms with Gasteiger partial charge < -0.3 is 5.32 Å². The Morgan fingerprint density at radius 3 is 2.50 bits per heavy atom. The van der Waals surface area contributed by atoms with E-state index >= 15 is 0 Å². The van der Waals surface area contributed by atoms with Gasteiger partial charge in [0, 0.05) is 6.04 Å². The van der Waals surface area contributed by atoms with Gasteiger partial charge in [-0.3, -0.25) is 0 Å². The highest BCUT2D eigenvalue weighted by molar-refractivity contribution is 4.92. The zero-order valence-corrected chi connectivity index (χ0v) is 5.35. The largest absolute Gasteiger partial charge is 0.314 e. The Morgan fingerprint density at radius 2 is 2.25 bits per heavy atom. The summed E-state index contributed by atoms with van der Waals surface area (Å²) < 4.78 is 0. The SMILES string of the molecule is CC1C[C@@H]2CC1CN2. The summed E-state index contributed by atoms with van der Waals surface area (Å²) in [6.45, 7) is 3.68. The van der Waals surface area contributed by atoms with E-state index in [1.54, 1.807) is 0 Å². The molecule has 1 saturated carbocycles. The van der Waals surface area contributed by atoms with E-state index in [4.69, 9.17) is 0 Å². The Morgan fingerprint density at radius 1 is 1.38 bits per heavy atom. The van der Waals surface area contributed by atoms with E-state index < -0.39 is 0 Å². The molecule has 1 N–H and O–H groups in total.